The molecule has 0 unspecified atom stereocenters. The number of fused-ring (bicyclic) bond motifs is 1. The van der Waals surface area contributed by atoms with E-state index >= 15 is 0 Å². The third kappa shape index (κ3) is 3.91. The highest BCUT2D eigenvalue weighted by Crippen LogP contribution is 2.36. The van der Waals surface area contributed by atoms with Gasteiger partial charge in [-0.25, -0.2) is 18.7 Å². The van der Waals surface area contributed by atoms with Gasteiger partial charge in [-0.05, 0) is 37.0 Å². The Morgan fingerprint density at radius 1 is 1.17 bits per heavy atom. The number of rotatable bonds is 5. The Kier molecular flexibility index (Phi) is 5.05. The first-order chi connectivity index (χ1) is 14.2. The number of pyridine rings is 1. The predicted molar refractivity (Wildman–Crippen MR) is 108 cm³/mol. The van der Waals surface area contributed by atoms with Crippen molar-refractivity contribution in [1.82, 2.24) is 9.97 Å². The number of aromatic nitrogens is 2. The predicted octanol–water partition coefficient (Wildman–Crippen LogP) is 4.89. The second-order valence-electron chi connectivity index (χ2n) is 7.59. The number of nitrogens with zero attached hydrogens (tertiary/aromatic N) is 2. The van der Waals surface area contributed by atoms with Crippen LogP contribution in [0, 0.1) is 11.6 Å². The van der Waals surface area contributed by atoms with Crippen molar-refractivity contribution in [1.29, 1.82) is 0 Å². The highest BCUT2D eigenvalue weighted by atomic mass is 32.1. The summed E-state index contributed by atoms with van der Waals surface area (Å²) < 4.78 is 39.9. The van der Waals surface area contributed by atoms with E-state index < -0.39 is 0 Å². The van der Waals surface area contributed by atoms with Crippen molar-refractivity contribution < 1.29 is 18.3 Å². The molecule has 2 aliphatic rings. The quantitative estimate of drug-likeness (QED) is 0.641. The molecule has 1 N–H and O–H groups in total. The molecule has 0 amide bonds. The van der Waals surface area contributed by atoms with Crippen molar-refractivity contribution in [3.8, 4) is 5.88 Å². The smallest absolute Gasteiger partial charge is 0.217 e. The van der Waals surface area contributed by atoms with Gasteiger partial charge in [-0.15, -0.1) is 0 Å². The van der Waals surface area contributed by atoms with Gasteiger partial charge in [0.1, 0.15) is 23.3 Å². The lowest BCUT2D eigenvalue weighted by Gasteiger charge is -2.36. The van der Waals surface area contributed by atoms with Crippen LogP contribution in [0.1, 0.15) is 37.2 Å². The van der Waals surface area contributed by atoms with Crippen molar-refractivity contribution in [2.45, 2.75) is 43.7 Å². The third-order valence-corrected chi connectivity index (χ3v) is 6.53. The van der Waals surface area contributed by atoms with Crippen molar-refractivity contribution in [3.63, 3.8) is 0 Å². The fourth-order valence-electron chi connectivity index (χ4n) is 3.93. The van der Waals surface area contributed by atoms with Crippen molar-refractivity contribution in [2.75, 3.05) is 18.5 Å². The van der Waals surface area contributed by atoms with E-state index in [0.717, 1.165) is 41.1 Å². The van der Waals surface area contributed by atoms with Gasteiger partial charge in [0.05, 0.1) is 10.9 Å². The largest absolute Gasteiger partial charge is 0.474 e. The summed E-state index contributed by atoms with van der Waals surface area (Å²) in [6, 6.07) is 6.74. The van der Waals surface area contributed by atoms with Gasteiger partial charge in [0.25, 0.3) is 0 Å². The molecule has 5 nitrogen and oxygen atoms in total. The Morgan fingerprint density at radius 3 is 2.79 bits per heavy atom. The lowest BCUT2D eigenvalue weighted by atomic mass is 9.89. The summed E-state index contributed by atoms with van der Waals surface area (Å²) in [6.45, 7) is 1.36. The fourth-order valence-corrected chi connectivity index (χ4v) is 4.89. The minimum absolute atomic E-state index is 0.0233. The molecule has 2 fully saturated rings. The standard InChI is InChI=1S/C21H21F2N3O2S/c22-13-8-16(12-4-6-27-7-5-12)20(24-11-13)28-15-9-14(10-15)25-21-26-19-17(23)2-1-3-18(19)29-21/h1-3,8,11-12,14-15H,4-7,9-10H2,(H,25,26)/t14-,15-. The molecule has 3 heterocycles. The first-order valence-corrected chi connectivity index (χ1v) is 10.7. The minimum Gasteiger partial charge on any atom is -0.474 e. The van der Waals surface area contributed by atoms with Crippen LogP contribution in [0.15, 0.2) is 30.5 Å². The topological polar surface area (TPSA) is 56.3 Å². The molecule has 1 saturated carbocycles. The van der Waals surface area contributed by atoms with Gasteiger partial charge in [0, 0.05) is 37.7 Å². The molecule has 3 aromatic rings. The molecule has 0 atom stereocenters. The van der Waals surface area contributed by atoms with Crippen LogP contribution >= 0.6 is 11.3 Å². The summed E-state index contributed by atoms with van der Waals surface area (Å²) in [4.78, 5) is 8.57. The first kappa shape index (κ1) is 18.7. The van der Waals surface area contributed by atoms with Crippen LogP contribution in [0.3, 0.4) is 0 Å². The van der Waals surface area contributed by atoms with Crippen LogP contribution < -0.4 is 10.1 Å². The number of halogens is 2. The second-order valence-corrected chi connectivity index (χ2v) is 8.62. The summed E-state index contributed by atoms with van der Waals surface area (Å²) in [5.41, 5.74) is 1.25. The minimum atomic E-state index is -0.338. The molecule has 1 aromatic carbocycles. The maximum Gasteiger partial charge on any atom is 0.217 e. The van der Waals surface area contributed by atoms with Crippen LogP contribution in [-0.4, -0.2) is 35.3 Å². The van der Waals surface area contributed by atoms with Crippen LogP contribution in [0.25, 0.3) is 10.2 Å². The van der Waals surface area contributed by atoms with E-state index in [9.17, 15) is 8.78 Å². The van der Waals surface area contributed by atoms with Gasteiger partial charge in [-0.1, -0.05) is 17.4 Å². The van der Waals surface area contributed by atoms with Gasteiger partial charge >= 0.3 is 0 Å². The van der Waals surface area contributed by atoms with Gasteiger partial charge in [-0.3, -0.25) is 0 Å². The molecule has 1 aliphatic heterocycles. The number of ether oxygens (including phenoxy) is 2. The zero-order chi connectivity index (χ0) is 19.8. The van der Waals surface area contributed by atoms with Gasteiger partial charge in [0.15, 0.2) is 5.13 Å². The molecule has 5 rings (SSSR count). The Hall–Kier alpha value is -2.32. The molecule has 1 aliphatic carbocycles. The highest BCUT2D eigenvalue weighted by Gasteiger charge is 2.33. The van der Waals surface area contributed by atoms with Crippen LogP contribution in [0.2, 0.25) is 0 Å². The molecule has 29 heavy (non-hydrogen) atoms. The van der Waals surface area contributed by atoms with Gasteiger partial charge in [0.2, 0.25) is 5.88 Å². The normalized spacial score (nSPS) is 22.4. The molecule has 0 bridgehead atoms. The lowest BCUT2D eigenvalue weighted by molar-refractivity contribution is 0.0792. The molecule has 0 radical (unpaired) electrons. The summed E-state index contributed by atoms with van der Waals surface area (Å²) in [5, 5.41) is 4.08. The van der Waals surface area contributed by atoms with Crippen LogP contribution in [-0.2, 0) is 4.74 Å². The Labute approximate surface area is 171 Å². The number of benzene rings is 1. The molecular formula is C21H21F2N3O2S. The van der Waals surface area contributed by atoms with Crippen LogP contribution in [0.4, 0.5) is 13.9 Å². The van der Waals surface area contributed by atoms with E-state index in [1.807, 2.05) is 6.07 Å². The molecule has 2 aromatic heterocycles. The van der Waals surface area contributed by atoms with Crippen molar-refractivity contribution in [2.24, 2.45) is 0 Å². The highest BCUT2D eigenvalue weighted by molar-refractivity contribution is 7.22. The summed E-state index contributed by atoms with van der Waals surface area (Å²) >= 11 is 1.45. The second kappa shape index (κ2) is 7.84. The molecule has 152 valence electrons. The summed E-state index contributed by atoms with van der Waals surface area (Å²) in [6.07, 6.45) is 4.53. The van der Waals surface area contributed by atoms with Crippen molar-refractivity contribution in [3.05, 3.63) is 47.7 Å². The average Bonchev–Trinajstić information content (AvgIpc) is 3.12. The average molecular weight is 417 g/mol. The van der Waals surface area contributed by atoms with Crippen LogP contribution in [0.5, 0.6) is 5.88 Å². The third-order valence-electron chi connectivity index (χ3n) is 5.58. The summed E-state index contributed by atoms with van der Waals surface area (Å²) in [5.74, 6) is 0.108. The number of hydrogen-bond acceptors (Lipinski definition) is 6. The zero-order valence-corrected chi connectivity index (χ0v) is 16.6. The van der Waals surface area contributed by atoms with E-state index in [1.165, 1.54) is 23.6 Å². The maximum absolute atomic E-state index is 13.8. The Morgan fingerprint density at radius 2 is 2.00 bits per heavy atom. The SMILES string of the molecule is Fc1cnc(O[C@H]2C[C@H](Nc3nc4c(F)cccc4s3)C2)c(C2CCOCC2)c1. The fraction of sp³-hybridized carbons (Fsp3) is 0.429. The Bertz CT molecular complexity index is 1020. The van der Waals surface area contributed by atoms with Gasteiger partial charge in [-0.2, -0.15) is 0 Å². The van der Waals surface area contributed by atoms with Gasteiger partial charge < -0.3 is 14.8 Å². The van der Waals surface area contributed by atoms with E-state index in [0.29, 0.717) is 24.6 Å². The molecule has 8 heteroatoms. The van der Waals surface area contributed by atoms with E-state index in [-0.39, 0.29) is 29.7 Å². The summed E-state index contributed by atoms with van der Waals surface area (Å²) in [7, 11) is 0. The molecular weight excluding hydrogens is 396 g/mol. The maximum atomic E-state index is 13.8. The van der Waals surface area contributed by atoms with E-state index in [2.05, 4.69) is 15.3 Å². The number of hydrogen-bond donors (Lipinski definition) is 1. The number of anilines is 1. The monoisotopic (exact) mass is 417 g/mol. The zero-order valence-electron chi connectivity index (χ0n) is 15.7. The van der Waals surface area contributed by atoms with E-state index in [4.69, 9.17) is 9.47 Å². The van der Waals surface area contributed by atoms with E-state index in [1.54, 1.807) is 12.1 Å². The Balaban J connectivity index is 1.22. The molecule has 0 spiro atoms. The first-order valence-electron chi connectivity index (χ1n) is 9.87. The number of thiazole rings is 1. The van der Waals surface area contributed by atoms with Crippen molar-refractivity contribution >= 4 is 26.7 Å². The number of nitrogens with one attached hydrogen (secondary N) is 1. The lowest BCUT2D eigenvalue weighted by Crippen LogP contribution is -2.42. The molecule has 1 saturated heterocycles. The number of para-hydroxylation sites is 1.